The van der Waals surface area contributed by atoms with Crippen LogP contribution in [-0.2, 0) is 107 Å². The first-order chi connectivity index (χ1) is 53.7. The molecule has 0 fully saturated rings. The minimum Gasteiger partial charge on any atom is -0.481 e. The number of para-hydroxylation sites is 1. The third-order valence-corrected chi connectivity index (χ3v) is 16.7. The van der Waals surface area contributed by atoms with Crippen molar-refractivity contribution in [2.24, 2.45) is 0 Å². The smallest absolute Gasteiger partial charge is 0.481 e. The molecular formula is C94H129BN2O19. The van der Waals surface area contributed by atoms with E-state index in [1.807, 2.05) is 165 Å². The summed E-state index contributed by atoms with van der Waals surface area (Å²) in [7, 11) is 17.8. The molecule has 0 saturated carbocycles. The molecule has 21 nitrogen and oxygen atoms in total. The number of nitrogens with zero attached hydrogens (tertiary/aromatic N) is 1. The molecule has 0 heterocycles. The number of carbonyl (C=O) groups excluding carboxylic acids is 9. The van der Waals surface area contributed by atoms with Gasteiger partial charge in [0.1, 0.15) is 25.1 Å². The zero-order valence-corrected chi connectivity index (χ0v) is 74.7. The fraction of sp³-hybridized carbons (Fsp3) is 0.447. The average molecular weight is 1600 g/mol. The zero-order chi connectivity index (χ0) is 89.8. The topological polar surface area (TPSA) is 294 Å². The maximum absolute atomic E-state index is 13.3. The van der Waals surface area contributed by atoms with Crippen LogP contribution in [0.2, 0.25) is 0 Å². The number of carbonyl (C=O) groups is 10. The van der Waals surface area contributed by atoms with Crippen LogP contribution in [0.15, 0.2) is 145 Å². The maximum atomic E-state index is 13.3. The molecule has 0 aromatic heterocycles. The largest absolute Gasteiger partial charge is 0.513 e. The quantitative estimate of drug-likeness (QED) is 0.0173. The highest BCUT2D eigenvalue weighted by Crippen LogP contribution is 2.42. The number of hydrogen-bond acceptors (Lipinski definition) is 20. The standard InChI is InChI=1S/C29H36O6.C28H32O5.C20H27BO4.C8H9NO2.C3H9N.C2H4O2.2C2H6/c1-28(2,3)23-18-24(29(4,5)6)25(35-27(32)34-8)17-20(23)16-21(30)14-11-13-19-12-9-10-15-22(19)26(31)33-7;1-27(2,3)21-16-22(28(4,5)6)24(33-26(31)32-7)15-18(21)14-23(29)20-13-12-17-10-8-9-11-19(17)25(20)30;1-19(2,3)15-12-16(20(4,5)6)17(25-18(23)24-7)11-13(15)10-14(22)8-9-21;1-11-8(10)6-4-2-3-5-7(6)9;1-4(2)3;1-2(3)4;2*1-2/h9-12,14-15,17-18H,13,16H2,1-8H3;8-11,13,15-16H,12,14H2,1-7H3;8-9,11-12H,10H2,1-7H3;2-5H,9H2,1H3;1-3H3;1H3,(H,3,4);2*1-2H3/b14-11+;;9-8+;;;;;. The zero-order valence-electron chi connectivity index (χ0n) is 74.7. The van der Waals surface area contributed by atoms with E-state index in [1.54, 1.807) is 72.8 Å². The Labute approximate surface area is 691 Å². The number of ether oxygens (including phenoxy) is 8. The summed E-state index contributed by atoms with van der Waals surface area (Å²) in [5, 5.41) is 7.42. The van der Waals surface area contributed by atoms with Gasteiger partial charge in [0.2, 0.25) is 0 Å². The lowest BCUT2D eigenvalue weighted by Crippen LogP contribution is -2.24. The molecular weight excluding hydrogens is 1470 g/mol. The van der Waals surface area contributed by atoms with Gasteiger partial charge >= 0.3 is 30.4 Å². The number of aliphatic carboxylic acids is 1. The minimum atomic E-state index is -0.833. The van der Waals surface area contributed by atoms with E-state index in [4.69, 9.17) is 51.9 Å². The molecule has 0 amide bonds. The van der Waals surface area contributed by atoms with Gasteiger partial charge in [0.05, 0.1) is 52.2 Å². The van der Waals surface area contributed by atoms with E-state index < -0.39 is 36.4 Å². The van der Waals surface area contributed by atoms with E-state index in [9.17, 15) is 43.2 Å². The normalized spacial score (nSPS) is 11.7. The fourth-order valence-corrected chi connectivity index (χ4v) is 11.4. The lowest BCUT2D eigenvalue weighted by molar-refractivity contribution is -0.134. The molecule has 0 aliphatic heterocycles. The van der Waals surface area contributed by atoms with Gasteiger partial charge in [-0.25, -0.2) is 24.0 Å². The first-order valence-electron chi connectivity index (χ1n) is 38.4. The Bertz CT molecular complexity index is 4390. The van der Waals surface area contributed by atoms with Crippen molar-refractivity contribution in [3.8, 4) is 17.2 Å². The number of methoxy groups -OCH3 is 5. The van der Waals surface area contributed by atoms with Gasteiger partial charge in [-0.15, -0.1) is 5.98 Å². The second kappa shape index (κ2) is 48.6. The number of allylic oxidation sites excluding steroid dienone is 5. The molecule has 0 bridgehead atoms. The van der Waals surface area contributed by atoms with Crippen LogP contribution in [0.4, 0.5) is 20.1 Å². The summed E-state index contributed by atoms with van der Waals surface area (Å²) in [6.07, 6.45) is 5.26. The molecule has 632 valence electrons. The van der Waals surface area contributed by atoms with Gasteiger partial charge in [-0.2, -0.15) is 0 Å². The Kier molecular flexibility index (Phi) is 44.1. The molecule has 1 aliphatic rings. The van der Waals surface area contributed by atoms with Gasteiger partial charge in [-0.05, 0) is 160 Å². The number of anilines is 1. The summed E-state index contributed by atoms with van der Waals surface area (Å²) in [4.78, 5) is 121. The van der Waals surface area contributed by atoms with Crippen LogP contribution < -0.4 is 19.9 Å². The minimum absolute atomic E-state index is 0.0360. The van der Waals surface area contributed by atoms with E-state index >= 15 is 0 Å². The summed E-state index contributed by atoms with van der Waals surface area (Å²) >= 11 is 0. The van der Waals surface area contributed by atoms with Crippen LogP contribution in [0.25, 0.3) is 0 Å². The van der Waals surface area contributed by atoms with Crippen molar-refractivity contribution in [1.29, 1.82) is 0 Å². The molecule has 22 heteroatoms. The summed E-state index contributed by atoms with van der Waals surface area (Å²) in [5.74, 6) is 0.0509. The molecule has 0 atom stereocenters. The monoisotopic (exact) mass is 1600 g/mol. The number of Topliss-reactive ketones (excluding diaryl/α,β-unsaturated/α-hetero) is 2. The third kappa shape index (κ3) is 35.6. The van der Waals surface area contributed by atoms with Crippen LogP contribution in [0, 0.1) is 0 Å². The van der Waals surface area contributed by atoms with Crippen molar-refractivity contribution >= 4 is 73.0 Å². The number of ketones is 4. The Morgan fingerprint density at radius 1 is 0.448 bits per heavy atom. The Morgan fingerprint density at radius 3 is 1.11 bits per heavy atom. The summed E-state index contributed by atoms with van der Waals surface area (Å²) in [6, 6.07) is 32.6. The van der Waals surface area contributed by atoms with E-state index in [0.29, 0.717) is 52.5 Å². The number of hydrogen-bond donors (Lipinski definition) is 2. The van der Waals surface area contributed by atoms with Crippen molar-refractivity contribution in [2.75, 3.05) is 62.4 Å². The third-order valence-electron chi connectivity index (χ3n) is 16.7. The second-order valence-electron chi connectivity index (χ2n) is 32.9. The van der Waals surface area contributed by atoms with E-state index in [2.05, 4.69) is 71.8 Å². The van der Waals surface area contributed by atoms with E-state index in [1.165, 1.54) is 53.7 Å². The van der Waals surface area contributed by atoms with Crippen LogP contribution in [0.1, 0.15) is 252 Å². The first kappa shape index (κ1) is 105. The Balaban J connectivity index is 0.00000151. The highest BCUT2D eigenvalue weighted by molar-refractivity contribution is 6.27. The summed E-state index contributed by atoms with van der Waals surface area (Å²) in [5.41, 5.74) is 15.7. The molecule has 0 unspecified atom stereocenters. The predicted molar refractivity (Wildman–Crippen MR) is 463 cm³/mol. The number of fused-ring (bicyclic) bond motifs is 1. The molecule has 1 aliphatic carbocycles. The molecule has 0 saturated heterocycles. The van der Waals surface area contributed by atoms with Crippen LogP contribution in [-0.4, -0.2) is 134 Å². The van der Waals surface area contributed by atoms with Crippen molar-refractivity contribution in [2.45, 2.75) is 224 Å². The molecule has 6 aromatic rings. The number of carboxylic acid groups (broad SMARTS) is 1. The Hall–Kier alpha value is -10.7. The number of carboxylic acids is 1. The highest BCUT2D eigenvalue weighted by Gasteiger charge is 2.33. The predicted octanol–water partition coefficient (Wildman–Crippen LogP) is 19.6. The molecule has 2 radical (unpaired) electrons. The summed E-state index contributed by atoms with van der Waals surface area (Å²) < 4.78 is 39.6. The summed E-state index contributed by atoms with van der Waals surface area (Å²) in [6.45, 7) is 46.2. The molecule has 0 spiro atoms. The fourth-order valence-electron chi connectivity index (χ4n) is 11.4. The lowest BCUT2D eigenvalue weighted by Gasteiger charge is -2.29. The van der Waals surface area contributed by atoms with Crippen molar-refractivity contribution < 1.29 is 90.9 Å². The van der Waals surface area contributed by atoms with Gasteiger partial charge in [-0.1, -0.05) is 237 Å². The van der Waals surface area contributed by atoms with Crippen molar-refractivity contribution in [1.82, 2.24) is 4.90 Å². The number of rotatable bonds is 16. The second-order valence-corrected chi connectivity index (χ2v) is 32.9. The highest BCUT2D eigenvalue weighted by atomic mass is 16.7. The Morgan fingerprint density at radius 2 is 0.767 bits per heavy atom. The molecule has 116 heavy (non-hydrogen) atoms. The van der Waals surface area contributed by atoms with Crippen LogP contribution in [0.3, 0.4) is 0 Å². The van der Waals surface area contributed by atoms with Gasteiger partial charge < -0.3 is 53.6 Å². The van der Waals surface area contributed by atoms with Crippen molar-refractivity contribution in [3.63, 3.8) is 0 Å². The van der Waals surface area contributed by atoms with Crippen LogP contribution >= 0.6 is 0 Å². The van der Waals surface area contributed by atoms with E-state index in [-0.39, 0.29) is 80.5 Å². The number of nitrogen functional groups attached to an aromatic ring is 1. The van der Waals surface area contributed by atoms with Gasteiger partial charge in [0.15, 0.2) is 23.1 Å². The average Bonchev–Trinajstić information content (AvgIpc) is 0.784. The van der Waals surface area contributed by atoms with Crippen molar-refractivity contribution in [3.05, 3.63) is 223 Å². The molecule has 3 N–H and O–H groups in total. The molecule has 6 aromatic carbocycles. The number of nitrogens with two attached hydrogens (primary N) is 1. The first-order valence-corrected chi connectivity index (χ1v) is 38.4. The maximum Gasteiger partial charge on any atom is 0.513 e. The van der Waals surface area contributed by atoms with Gasteiger partial charge in [0.25, 0.3) is 5.97 Å². The lowest BCUT2D eigenvalue weighted by atomic mass is 9.76. The van der Waals surface area contributed by atoms with Gasteiger partial charge in [-0.3, -0.25) is 24.0 Å². The number of esters is 2. The van der Waals surface area contributed by atoms with Gasteiger partial charge in [0, 0.05) is 54.1 Å². The van der Waals surface area contributed by atoms with E-state index in [0.717, 1.165) is 68.1 Å². The number of benzene rings is 6. The van der Waals surface area contributed by atoms with Crippen LogP contribution in [0.5, 0.6) is 17.2 Å². The SMILES string of the molecule is CC.CC.CC(=O)O.CN(C)C.COC(=O)Oc1cc(CC(=O)/C=C/Cc2ccccc2C(=O)OC)c(C(C)(C)C)cc1C(C)(C)C.COC(=O)Oc1cc(CC(=O)C2=CCc3ccccc3C2=O)c(C(C)(C)C)cc1C(C)(C)C.COC(=O)c1ccccc1N.[B]/C=C/C(=O)Cc1cc(OC(=O)OC)c(C(C)(C)C)cc1C(C)(C)C. The molecule has 7 rings (SSSR count).